The summed E-state index contributed by atoms with van der Waals surface area (Å²) in [4.78, 5) is 14.2. The number of hydrogen-bond donors (Lipinski definition) is 1. The van der Waals surface area contributed by atoms with Gasteiger partial charge in [0.2, 0.25) is 0 Å². The molecule has 0 saturated carbocycles. The van der Waals surface area contributed by atoms with Crippen LogP contribution in [0.2, 0.25) is 0 Å². The van der Waals surface area contributed by atoms with E-state index in [2.05, 4.69) is 18.3 Å². The van der Waals surface area contributed by atoms with Crippen molar-refractivity contribution >= 4 is 28.8 Å². The van der Waals surface area contributed by atoms with Crippen molar-refractivity contribution in [1.29, 1.82) is 0 Å². The fourth-order valence-corrected chi connectivity index (χ4v) is 3.58. The molecule has 0 bridgehead atoms. The third kappa shape index (κ3) is 3.48. The van der Waals surface area contributed by atoms with E-state index in [4.69, 9.17) is 11.6 Å². The molecule has 1 aliphatic rings. The van der Waals surface area contributed by atoms with Crippen LogP contribution in [0.4, 0.5) is 0 Å². The van der Waals surface area contributed by atoms with Gasteiger partial charge >= 0.3 is 0 Å². The number of fused-ring (bicyclic) bond motifs is 1. The number of carbonyl (C=O) groups excluding carboxylic acids is 1. The van der Waals surface area contributed by atoms with Crippen molar-refractivity contribution in [3.8, 4) is 0 Å². The van der Waals surface area contributed by atoms with Crippen LogP contribution in [-0.2, 0) is 12.8 Å². The average Bonchev–Trinajstić information content (AvgIpc) is 2.94. The molecule has 0 fully saturated rings. The second-order valence-corrected chi connectivity index (χ2v) is 6.52. The molecule has 1 aliphatic carbocycles. The van der Waals surface area contributed by atoms with E-state index in [0.717, 1.165) is 37.1 Å². The van der Waals surface area contributed by atoms with E-state index in [1.54, 1.807) is 11.3 Å². The van der Waals surface area contributed by atoms with Gasteiger partial charge < -0.3 is 5.32 Å². The molecule has 1 aromatic rings. The molecule has 2 rings (SSSR count). The van der Waals surface area contributed by atoms with Gasteiger partial charge in [0.1, 0.15) is 0 Å². The maximum atomic E-state index is 11.9. The summed E-state index contributed by atoms with van der Waals surface area (Å²) in [6, 6.07) is 2.07. The highest BCUT2D eigenvalue weighted by molar-refractivity contribution is 7.14. The van der Waals surface area contributed by atoms with Crippen molar-refractivity contribution in [2.45, 2.75) is 39.0 Å². The zero-order chi connectivity index (χ0) is 13.0. The predicted octanol–water partition coefficient (Wildman–Crippen LogP) is 3.62. The van der Waals surface area contributed by atoms with Crippen molar-refractivity contribution < 1.29 is 4.79 Å². The summed E-state index contributed by atoms with van der Waals surface area (Å²) in [6.45, 7) is 2.89. The normalized spacial score (nSPS) is 15.4. The first kappa shape index (κ1) is 13.9. The minimum absolute atomic E-state index is 0.0907. The molecule has 1 atom stereocenters. The van der Waals surface area contributed by atoms with Crippen LogP contribution in [-0.4, -0.2) is 18.3 Å². The molecule has 1 N–H and O–H groups in total. The zero-order valence-electron chi connectivity index (χ0n) is 10.8. The van der Waals surface area contributed by atoms with Crippen LogP contribution in [0.1, 0.15) is 46.3 Å². The Balaban J connectivity index is 1.74. The topological polar surface area (TPSA) is 29.1 Å². The standard InChI is InChI=1S/C14H20ClNOS/c1-10(9-15)4-3-7-16-14(17)13-8-11-5-2-6-12(11)18-13/h8,10H,2-7,9H2,1H3,(H,16,17). The van der Waals surface area contributed by atoms with Crippen molar-refractivity contribution in [2.75, 3.05) is 12.4 Å². The third-order valence-corrected chi connectivity index (χ3v) is 5.16. The molecule has 1 amide bonds. The number of halogens is 1. The lowest BCUT2D eigenvalue weighted by molar-refractivity contribution is 0.0956. The molecule has 0 aromatic carbocycles. The summed E-state index contributed by atoms with van der Waals surface area (Å²) in [7, 11) is 0. The second kappa shape index (κ2) is 6.58. The van der Waals surface area contributed by atoms with Gasteiger partial charge in [-0.15, -0.1) is 22.9 Å². The van der Waals surface area contributed by atoms with Crippen molar-refractivity contribution in [3.05, 3.63) is 21.4 Å². The summed E-state index contributed by atoms with van der Waals surface area (Å²) < 4.78 is 0. The largest absolute Gasteiger partial charge is 0.351 e. The number of rotatable bonds is 6. The van der Waals surface area contributed by atoms with Crippen LogP contribution in [0.3, 0.4) is 0 Å². The maximum Gasteiger partial charge on any atom is 0.261 e. The number of hydrogen-bond acceptors (Lipinski definition) is 2. The Bertz CT molecular complexity index is 394. The first-order valence-electron chi connectivity index (χ1n) is 6.66. The Hall–Kier alpha value is -0.540. The quantitative estimate of drug-likeness (QED) is 0.628. The Morgan fingerprint density at radius 3 is 3.11 bits per heavy atom. The number of alkyl halides is 1. The van der Waals surface area contributed by atoms with E-state index in [1.807, 2.05) is 0 Å². The SMILES string of the molecule is CC(CCl)CCCNC(=O)c1cc2c(s1)CCC2. The summed E-state index contributed by atoms with van der Waals surface area (Å²) in [5.41, 5.74) is 1.39. The fraction of sp³-hybridized carbons (Fsp3) is 0.643. The lowest BCUT2D eigenvalue weighted by Crippen LogP contribution is -2.24. The molecule has 2 nitrogen and oxygen atoms in total. The number of amides is 1. The van der Waals surface area contributed by atoms with Crippen LogP contribution >= 0.6 is 22.9 Å². The molecule has 18 heavy (non-hydrogen) atoms. The first-order valence-corrected chi connectivity index (χ1v) is 8.01. The molecular weight excluding hydrogens is 266 g/mol. The van der Waals surface area contributed by atoms with Crippen molar-refractivity contribution in [3.63, 3.8) is 0 Å². The molecule has 1 unspecified atom stereocenters. The average molecular weight is 286 g/mol. The van der Waals surface area contributed by atoms with Gasteiger partial charge in [-0.1, -0.05) is 6.92 Å². The molecule has 0 radical (unpaired) electrons. The Kier molecular flexibility index (Phi) is 5.07. The molecule has 1 aromatic heterocycles. The number of thiophene rings is 1. The fourth-order valence-electron chi connectivity index (χ4n) is 2.26. The minimum atomic E-state index is 0.0907. The summed E-state index contributed by atoms with van der Waals surface area (Å²) in [6.07, 6.45) is 5.63. The second-order valence-electron chi connectivity index (χ2n) is 5.07. The van der Waals surface area contributed by atoms with Gasteiger partial charge in [-0.3, -0.25) is 4.79 Å². The van der Waals surface area contributed by atoms with Crippen LogP contribution in [0.15, 0.2) is 6.07 Å². The summed E-state index contributed by atoms with van der Waals surface area (Å²) in [5.74, 6) is 1.33. The lowest BCUT2D eigenvalue weighted by atomic mass is 10.1. The van der Waals surface area contributed by atoms with E-state index >= 15 is 0 Å². The van der Waals surface area contributed by atoms with Crippen molar-refractivity contribution in [2.24, 2.45) is 5.92 Å². The molecule has 4 heteroatoms. The van der Waals surface area contributed by atoms with Crippen LogP contribution in [0, 0.1) is 5.92 Å². The predicted molar refractivity (Wildman–Crippen MR) is 77.8 cm³/mol. The van der Waals surface area contributed by atoms with E-state index < -0.39 is 0 Å². The first-order chi connectivity index (χ1) is 8.70. The van der Waals surface area contributed by atoms with E-state index in [9.17, 15) is 4.79 Å². The maximum absolute atomic E-state index is 11.9. The highest BCUT2D eigenvalue weighted by atomic mass is 35.5. The molecule has 100 valence electrons. The highest BCUT2D eigenvalue weighted by Crippen LogP contribution is 2.30. The Labute approximate surface area is 118 Å². The van der Waals surface area contributed by atoms with Gasteiger partial charge in [0.25, 0.3) is 5.91 Å². The Morgan fingerprint density at radius 1 is 1.56 bits per heavy atom. The minimum Gasteiger partial charge on any atom is -0.351 e. The molecule has 0 spiro atoms. The van der Waals surface area contributed by atoms with Gasteiger partial charge in [-0.2, -0.15) is 0 Å². The number of aryl methyl sites for hydroxylation is 2. The summed E-state index contributed by atoms with van der Waals surface area (Å²) >= 11 is 7.41. The number of carbonyl (C=O) groups is 1. The third-order valence-electron chi connectivity index (χ3n) is 3.39. The van der Waals surface area contributed by atoms with Gasteiger partial charge in [-0.05, 0) is 49.7 Å². The number of nitrogens with one attached hydrogen (secondary N) is 1. The van der Waals surface area contributed by atoms with Gasteiger partial charge in [0, 0.05) is 17.3 Å². The Morgan fingerprint density at radius 2 is 2.39 bits per heavy atom. The molecule has 0 saturated heterocycles. The van der Waals surface area contributed by atoms with Crippen LogP contribution < -0.4 is 5.32 Å². The molecule has 0 aliphatic heterocycles. The lowest BCUT2D eigenvalue weighted by Gasteiger charge is -2.07. The molecular formula is C14H20ClNOS. The van der Waals surface area contributed by atoms with Gasteiger partial charge in [0.15, 0.2) is 0 Å². The summed E-state index contributed by atoms with van der Waals surface area (Å²) in [5, 5.41) is 3.00. The van der Waals surface area contributed by atoms with Crippen LogP contribution in [0.5, 0.6) is 0 Å². The van der Waals surface area contributed by atoms with E-state index in [-0.39, 0.29) is 5.91 Å². The van der Waals surface area contributed by atoms with E-state index in [0.29, 0.717) is 11.8 Å². The van der Waals surface area contributed by atoms with Crippen molar-refractivity contribution in [1.82, 2.24) is 5.32 Å². The van der Waals surface area contributed by atoms with Gasteiger partial charge in [-0.25, -0.2) is 0 Å². The van der Waals surface area contributed by atoms with Gasteiger partial charge in [0.05, 0.1) is 4.88 Å². The highest BCUT2D eigenvalue weighted by Gasteiger charge is 2.18. The zero-order valence-corrected chi connectivity index (χ0v) is 12.4. The van der Waals surface area contributed by atoms with E-state index in [1.165, 1.54) is 16.9 Å². The smallest absolute Gasteiger partial charge is 0.261 e. The molecule has 1 heterocycles. The van der Waals surface area contributed by atoms with Crippen LogP contribution in [0.25, 0.3) is 0 Å². The monoisotopic (exact) mass is 285 g/mol.